The molecule has 0 aliphatic rings. The van der Waals surface area contributed by atoms with Gasteiger partial charge >= 0.3 is 122 Å². The van der Waals surface area contributed by atoms with E-state index < -0.39 is 10.7 Å². The van der Waals surface area contributed by atoms with E-state index in [9.17, 15) is 13.2 Å². The van der Waals surface area contributed by atoms with Crippen molar-refractivity contribution in [1.82, 2.24) is 5.32 Å². The molecule has 0 atom stereocenters. The first-order chi connectivity index (χ1) is 13.4. The molecule has 0 radical (unpaired) electrons. The number of nitrogens with one attached hydrogen (secondary N) is 1. The summed E-state index contributed by atoms with van der Waals surface area (Å²) in [5, 5.41) is 3.16. The van der Waals surface area contributed by atoms with Crippen molar-refractivity contribution in [2.24, 2.45) is 0 Å². The van der Waals surface area contributed by atoms with Crippen molar-refractivity contribution in [3.63, 3.8) is 0 Å². The molecule has 0 bridgehead atoms. The second-order valence-corrected chi connectivity index (χ2v) is 7.15. The largest absolute Gasteiger partial charge is 0.432 e. The van der Waals surface area contributed by atoms with Gasteiger partial charge in [-0.15, -0.1) is 22.8 Å². The summed E-state index contributed by atoms with van der Waals surface area (Å²) in [6.45, 7) is 3.55. The van der Waals surface area contributed by atoms with Crippen LogP contribution in [0, 0.1) is 13.2 Å². The molecule has 0 spiro atoms. The fourth-order valence-corrected chi connectivity index (χ4v) is 2.76. The molecular weight excluding hydrogens is 753 g/mol. The van der Waals surface area contributed by atoms with Crippen LogP contribution in [0.3, 0.4) is 0 Å². The number of likely N-dealkylation sites (N-methyl/N-ethyl adjacent to an activating group) is 1. The summed E-state index contributed by atoms with van der Waals surface area (Å²) in [6, 6.07) is 13.5. The molecule has 0 aliphatic heterocycles. The van der Waals surface area contributed by atoms with E-state index >= 15 is 0 Å². The van der Waals surface area contributed by atoms with Crippen molar-refractivity contribution in [3.05, 3.63) is 90.0 Å². The first-order valence-electron chi connectivity index (χ1n) is 7.70. The molecule has 2 rings (SSSR count). The van der Waals surface area contributed by atoms with Crippen LogP contribution in [0.25, 0.3) is 0 Å². The zero-order chi connectivity index (χ0) is 20.9. The third kappa shape index (κ3) is 10.8. The fraction of sp³-hybridized carbons (Fsp3) is 0.0500. The quantitative estimate of drug-likeness (QED) is 0.161. The second kappa shape index (κ2) is 15.4. The van der Waals surface area contributed by atoms with Crippen molar-refractivity contribution >= 4 is 32.6 Å². The van der Waals surface area contributed by atoms with Gasteiger partial charge < -0.3 is 8.42 Å². The van der Waals surface area contributed by atoms with Crippen molar-refractivity contribution in [2.75, 3.05) is 7.05 Å². The van der Waals surface area contributed by atoms with E-state index in [0.717, 1.165) is 19.4 Å². The molecule has 0 heterocycles. The van der Waals surface area contributed by atoms with Crippen LogP contribution in [-0.4, -0.2) is 17.4 Å². The summed E-state index contributed by atoms with van der Waals surface area (Å²) in [5.41, 5.74) is 0.970. The topological polar surface area (TPSA) is 72.5 Å². The Balaban J connectivity index is 0.000000606. The number of allylic oxidation sites excluding steroid dienone is 1. The Morgan fingerprint density at radius 3 is 2.31 bits per heavy atom. The molecule has 0 unspecified atom stereocenters. The number of ether oxygens (including phenoxy) is 1. The molecule has 2 aromatic carbocycles. The Morgan fingerprint density at radius 2 is 1.83 bits per heavy atom. The minimum atomic E-state index is -2.15. The van der Waals surface area contributed by atoms with Gasteiger partial charge in [-0.1, -0.05) is 6.07 Å². The van der Waals surface area contributed by atoms with E-state index in [1.54, 1.807) is 55.6 Å². The van der Waals surface area contributed by atoms with Crippen molar-refractivity contribution < 1.29 is 58.4 Å². The van der Waals surface area contributed by atoms with Crippen LogP contribution in [0.1, 0.15) is 5.56 Å². The van der Waals surface area contributed by atoms with E-state index in [1.165, 1.54) is 12.1 Å². The Bertz CT molecular complexity index is 934. The molecule has 0 aliphatic carbocycles. The van der Waals surface area contributed by atoms with Crippen LogP contribution < -0.4 is 10.1 Å². The van der Waals surface area contributed by atoms with Crippen molar-refractivity contribution in [3.8, 4) is 5.75 Å². The van der Waals surface area contributed by atoms with Gasteiger partial charge in [0.25, 0.3) is 0 Å². The van der Waals surface area contributed by atoms with Gasteiger partial charge in [-0.05, 0) is 0 Å². The maximum absolute atomic E-state index is 11.4. The van der Waals surface area contributed by atoms with E-state index in [1.807, 2.05) is 0 Å². The Morgan fingerprint density at radius 1 is 1.21 bits per heavy atom. The Labute approximate surface area is 202 Å². The predicted octanol–water partition coefficient (Wildman–Crippen LogP) is 3.47. The molecule has 0 fully saturated rings. The number of benzene rings is 2. The van der Waals surface area contributed by atoms with Gasteiger partial charge in [0.2, 0.25) is 0 Å². The third-order valence-electron chi connectivity index (χ3n) is 3.06. The molecule has 2 aromatic rings. The SMILES string of the molecule is CNC(=O)/C(C=[C-]Oc1ccc(Cl)cc1)=C/[C-]=[W].[CH2-]c1ccccc1[S-](=O)=O.[W]. The monoisotopic (exact) mass is 769 g/mol. The summed E-state index contributed by atoms with van der Waals surface area (Å²) < 4.78 is 28.8. The molecule has 1 N–H and O–H groups in total. The van der Waals surface area contributed by atoms with Crippen LogP contribution in [0.5, 0.6) is 5.75 Å². The van der Waals surface area contributed by atoms with Gasteiger partial charge in [-0.25, -0.2) is 12.5 Å². The number of hydrogen-bond donors (Lipinski definition) is 1. The minimum absolute atomic E-state index is 0. The van der Waals surface area contributed by atoms with Gasteiger partial charge in [0.15, 0.2) is 0 Å². The number of amides is 1. The van der Waals surface area contributed by atoms with Gasteiger partial charge in [0.1, 0.15) is 0 Å². The van der Waals surface area contributed by atoms with Gasteiger partial charge in [0.05, 0.1) is 0 Å². The molecule has 0 saturated carbocycles. The first kappa shape index (κ1) is 27.5. The molecule has 0 saturated heterocycles. The zero-order valence-electron chi connectivity index (χ0n) is 15.2. The van der Waals surface area contributed by atoms with Gasteiger partial charge in [-0.3, -0.25) is 0 Å². The standard InChI is InChI=1S/C13H10ClNO2.C7H6O2S.2W/c1-3-10(13(16)15-2)8-9-17-12-6-4-11(14)5-7-12;1-6-4-2-3-5-7(6)10(8)9;;/h3-8H,2H3,(H,15,16);2-5H,1H2;;/q2*-2;;/b10-3+;;;. The van der Waals surface area contributed by atoms with Crippen LogP contribution in [-0.2, 0) is 64.3 Å². The average Bonchev–Trinajstić information content (AvgIpc) is 2.69. The minimum Gasteiger partial charge on any atom is -0.432 e. The molecule has 1 amide bonds. The van der Waals surface area contributed by atoms with E-state index in [4.69, 9.17) is 16.3 Å². The van der Waals surface area contributed by atoms with Crippen LogP contribution in [0.2, 0.25) is 5.02 Å². The van der Waals surface area contributed by atoms with Crippen molar-refractivity contribution in [2.45, 2.75) is 4.90 Å². The number of carbonyl (C=O) groups excluding carboxylic acids is 1. The number of hydrogen-bond acceptors (Lipinski definition) is 5. The zero-order valence-corrected chi connectivity index (χ0v) is 22.7. The van der Waals surface area contributed by atoms with Crippen LogP contribution in [0.4, 0.5) is 0 Å². The summed E-state index contributed by atoms with van der Waals surface area (Å²) >= 11 is 6.88. The molecule has 9 heteroatoms. The van der Waals surface area contributed by atoms with Gasteiger partial charge in [-0.2, -0.15) is 11.0 Å². The number of halogens is 1. The molecule has 5 nitrogen and oxygen atoms in total. The summed E-state index contributed by atoms with van der Waals surface area (Å²) in [6.07, 6.45) is 5.64. The van der Waals surface area contributed by atoms with Gasteiger partial charge in [0, 0.05) is 21.1 Å². The maximum Gasteiger partial charge on any atom is 0 e. The third-order valence-corrected chi connectivity index (χ3v) is 4.49. The smallest absolute Gasteiger partial charge is 0 e. The summed E-state index contributed by atoms with van der Waals surface area (Å²) in [4.78, 5) is 11.7. The van der Waals surface area contributed by atoms with Crippen molar-refractivity contribution in [1.29, 1.82) is 0 Å². The maximum atomic E-state index is 11.4. The van der Waals surface area contributed by atoms with E-state index in [2.05, 4.69) is 22.9 Å². The average molecular weight is 770 g/mol. The fourth-order valence-electron chi connectivity index (χ4n) is 1.71. The van der Waals surface area contributed by atoms with Crippen LogP contribution >= 0.6 is 11.6 Å². The summed E-state index contributed by atoms with van der Waals surface area (Å²) in [7, 11) is -0.591. The number of carbonyl (C=O) groups is 1. The summed E-state index contributed by atoms with van der Waals surface area (Å²) in [5.74, 6) is 0.387. The first-order valence-corrected chi connectivity index (χ1v) is 10.6. The molecule has 0 aromatic heterocycles. The molecule has 154 valence electrons. The molecular formula is C20H16ClNO4SW2-4. The number of rotatable bonds is 6. The van der Waals surface area contributed by atoms with E-state index in [0.29, 0.717) is 21.9 Å². The Kier molecular flexibility index (Phi) is 14.6. The predicted molar refractivity (Wildman–Crippen MR) is 105 cm³/mol. The van der Waals surface area contributed by atoms with Crippen LogP contribution in [0.15, 0.2) is 71.2 Å². The normalized spacial score (nSPS) is 10.5. The van der Waals surface area contributed by atoms with E-state index in [-0.39, 0.29) is 31.9 Å². The molecule has 29 heavy (non-hydrogen) atoms. The second-order valence-electron chi connectivity index (χ2n) is 4.96. The Hall–Kier alpha value is -1.45.